The van der Waals surface area contributed by atoms with Crippen molar-refractivity contribution in [1.29, 1.82) is 0 Å². The molecule has 274 valence electrons. The molecule has 0 aliphatic rings. The van der Waals surface area contributed by atoms with Crippen LogP contribution in [0.15, 0.2) is 222 Å². The van der Waals surface area contributed by atoms with Crippen LogP contribution in [0.25, 0.3) is 121 Å². The third kappa shape index (κ3) is 5.40. The molecule has 0 saturated heterocycles. The summed E-state index contributed by atoms with van der Waals surface area (Å²) in [6.45, 7) is 0. The fourth-order valence-corrected chi connectivity index (χ4v) is 8.53. The summed E-state index contributed by atoms with van der Waals surface area (Å²) in [6.07, 6.45) is 0. The van der Waals surface area contributed by atoms with Gasteiger partial charge in [-0.1, -0.05) is 194 Å². The molecule has 0 unspecified atom stereocenters. The number of benzene rings is 11. The van der Waals surface area contributed by atoms with Crippen molar-refractivity contribution in [2.24, 2.45) is 0 Å². The Hall–Kier alpha value is -7.74. The second kappa shape index (κ2) is 13.4. The molecule has 1 heterocycles. The second-order valence-corrected chi connectivity index (χ2v) is 14.4. The minimum absolute atomic E-state index is 0.0509. The van der Waals surface area contributed by atoms with Gasteiger partial charge in [-0.3, -0.25) is 0 Å². The van der Waals surface area contributed by atoms with E-state index in [9.17, 15) is 9.60 Å². The van der Waals surface area contributed by atoms with Crippen molar-refractivity contribution < 1.29 is 25.0 Å². The molecule has 0 spiro atoms. The van der Waals surface area contributed by atoms with Gasteiger partial charge in [-0.25, -0.2) is 0 Å². The number of rotatable bonds is 5. The summed E-state index contributed by atoms with van der Waals surface area (Å²) in [4.78, 5) is 0. The summed E-state index contributed by atoms with van der Waals surface area (Å²) in [5.41, 5.74) is 5.46. The van der Waals surface area contributed by atoms with Gasteiger partial charge in [-0.05, 0) is 123 Å². The van der Waals surface area contributed by atoms with Crippen molar-refractivity contribution in [1.82, 2.24) is 0 Å². The molecule has 0 radical (unpaired) electrons. The number of hydrogen-bond acceptors (Lipinski definition) is 1. The molecule has 0 aliphatic carbocycles. The molecule has 12 aromatic rings. The Morgan fingerprint density at radius 1 is 0.322 bits per heavy atom. The van der Waals surface area contributed by atoms with Crippen LogP contribution in [0, 0.1) is 0 Å². The van der Waals surface area contributed by atoms with E-state index < -0.39 is 90.6 Å². The number of hydrogen-bond donors (Lipinski definition) is 0. The van der Waals surface area contributed by atoms with E-state index in [4.69, 9.17) is 15.4 Å². The first-order valence-electron chi connectivity index (χ1n) is 26.6. The molecule has 1 nitrogen and oxygen atoms in total. The van der Waals surface area contributed by atoms with E-state index in [-0.39, 0.29) is 60.1 Å². The van der Waals surface area contributed by atoms with Gasteiger partial charge in [-0.15, -0.1) is 0 Å². The number of furan rings is 1. The first-order valence-corrected chi connectivity index (χ1v) is 19.1. The number of fused-ring (bicyclic) bond motifs is 7. The van der Waals surface area contributed by atoms with Crippen molar-refractivity contribution >= 4 is 65.0 Å². The van der Waals surface area contributed by atoms with E-state index in [2.05, 4.69) is 18.2 Å². The Balaban J connectivity index is 1.16. The fraction of sp³-hybridized carbons (Fsp3) is 0. The molecule has 11 aromatic carbocycles. The van der Waals surface area contributed by atoms with Crippen LogP contribution in [0.5, 0.6) is 0 Å². The summed E-state index contributed by atoms with van der Waals surface area (Å²) in [6, 6.07) is 30.8. The van der Waals surface area contributed by atoms with Crippen LogP contribution in [-0.4, -0.2) is 0 Å². The fourth-order valence-electron chi connectivity index (χ4n) is 8.53. The maximum Gasteiger partial charge on any atom is 0.136 e. The van der Waals surface area contributed by atoms with Gasteiger partial charge < -0.3 is 4.42 Å². The minimum Gasteiger partial charge on any atom is -0.456 e. The molecule has 0 fully saturated rings. The molecular formula is C58H36O. The molecule has 0 saturated carbocycles. The molecule has 1 aromatic heterocycles. The topological polar surface area (TPSA) is 13.1 Å². The third-order valence-electron chi connectivity index (χ3n) is 11.2. The van der Waals surface area contributed by atoms with E-state index in [1.165, 1.54) is 0 Å². The van der Waals surface area contributed by atoms with Gasteiger partial charge in [0, 0.05) is 10.8 Å². The molecule has 0 amide bonds. The maximum absolute atomic E-state index is 9.69. The molecule has 0 aliphatic heterocycles. The van der Waals surface area contributed by atoms with Crippen LogP contribution in [-0.2, 0) is 0 Å². The van der Waals surface area contributed by atoms with Crippen molar-refractivity contribution in [3.63, 3.8) is 0 Å². The molecule has 0 bridgehead atoms. The van der Waals surface area contributed by atoms with Crippen LogP contribution >= 0.6 is 0 Å². The minimum atomic E-state index is -0.644. The zero-order valence-electron chi connectivity index (χ0n) is 46.0. The standard InChI is InChI=1S/C58H36O/c1-2-14-39(15-3-1)46-23-12-24-53-58(46)51-33-32-43(36-54(51)59-53)38-25-28-41(29-26-38)55-47-19-8-10-21-49(47)57(50-22-11-9-20-48(50)55)52-34-31-40-16-6-7-18-45(40)56(52)44-30-27-37-13-4-5-17-42(37)35-44/h1-36H/i4D,5D,8D,9D,10D,11D,13D,17D,19D,20D,21D,22D,27D,30D,35D. The van der Waals surface area contributed by atoms with Gasteiger partial charge in [0.1, 0.15) is 11.2 Å². The Labute approximate surface area is 363 Å². The zero-order chi connectivity index (χ0) is 51.9. The average Bonchev–Trinajstić information content (AvgIpc) is 3.83. The summed E-state index contributed by atoms with van der Waals surface area (Å²) >= 11 is 0. The Morgan fingerprint density at radius 3 is 1.76 bits per heavy atom. The SMILES string of the molecule is [2H]c1c([2H])c([2H])c2c([2H])c(-c3c(-c4c5c([2H])c([2H])c([2H])c([2H])c5c(-c5ccc(-c6ccc7c(c6)oc6cccc(-c8ccccc8)c67)cc5)c5c([2H])c([2H])c([2H])c([2H])c45)ccc4ccccc34)c([2H])c([2H])c2c1[2H]. The lowest BCUT2D eigenvalue weighted by Gasteiger charge is -2.21. The molecular weight excluding hydrogens is 713 g/mol. The van der Waals surface area contributed by atoms with Gasteiger partial charge in [0.25, 0.3) is 0 Å². The highest BCUT2D eigenvalue weighted by Gasteiger charge is 2.21. The van der Waals surface area contributed by atoms with Crippen LogP contribution in [0.3, 0.4) is 0 Å². The molecule has 0 N–H and O–H groups in total. The summed E-state index contributed by atoms with van der Waals surface area (Å²) < 4.78 is 144. The molecule has 1 heteroatoms. The van der Waals surface area contributed by atoms with Gasteiger partial charge in [-0.2, -0.15) is 0 Å². The lowest BCUT2D eigenvalue weighted by molar-refractivity contribution is 0.669. The Bertz CT molecular complexity index is 4390. The van der Waals surface area contributed by atoms with Crippen LogP contribution in [0.4, 0.5) is 0 Å². The molecule has 59 heavy (non-hydrogen) atoms. The van der Waals surface area contributed by atoms with Crippen LogP contribution in [0.2, 0.25) is 0 Å². The first kappa shape index (κ1) is 21.7. The van der Waals surface area contributed by atoms with Crippen molar-refractivity contribution in [3.05, 3.63) is 218 Å². The largest absolute Gasteiger partial charge is 0.456 e. The Kier molecular flexibility index (Phi) is 4.94. The Morgan fingerprint density at radius 2 is 0.983 bits per heavy atom. The third-order valence-corrected chi connectivity index (χ3v) is 11.2. The normalized spacial score (nSPS) is 15.3. The first-order chi connectivity index (χ1) is 35.5. The van der Waals surface area contributed by atoms with Gasteiger partial charge in [0.05, 0.1) is 20.6 Å². The predicted octanol–water partition coefficient (Wildman–Crippen LogP) is 16.5. The lowest BCUT2D eigenvalue weighted by atomic mass is 9.82. The summed E-state index contributed by atoms with van der Waals surface area (Å²) in [5, 5.41) is 1.93. The van der Waals surface area contributed by atoms with Crippen molar-refractivity contribution in [2.75, 3.05) is 0 Å². The predicted molar refractivity (Wildman–Crippen MR) is 251 cm³/mol. The molecule has 12 rings (SSSR count). The van der Waals surface area contributed by atoms with Gasteiger partial charge in [0.2, 0.25) is 0 Å². The monoisotopic (exact) mass is 763 g/mol. The average molecular weight is 764 g/mol. The maximum atomic E-state index is 9.69. The summed E-state index contributed by atoms with van der Waals surface area (Å²) in [7, 11) is 0. The lowest BCUT2D eigenvalue weighted by Crippen LogP contribution is -1.94. The van der Waals surface area contributed by atoms with E-state index in [1.807, 2.05) is 60.7 Å². The zero-order valence-corrected chi connectivity index (χ0v) is 31.0. The van der Waals surface area contributed by atoms with Gasteiger partial charge in [0.15, 0.2) is 0 Å². The van der Waals surface area contributed by atoms with E-state index >= 15 is 0 Å². The van der Waals surface area contributed by atoms with E-state index in [1.54, 1.807) is 48.5 Å². The second-order valence-electron chi connectivity index (χ2n) is 14.4. The molecule has 0 atom stereocenters. The highest BCUT2D eigenvalue weighted by atomic mass is 16.3. The van der Waals surface area contributed by atoms with E-state index in [0.29, 0.717) is 21.9 Å². The van der Waals surface area contributed by atoms with E-state index in [0.717, 1.165) is 38.6 Å². The summed E-state index contributed by atoms with van der Waals surface area (Å²) in [5.74, 6) is 0. The van der Waals surface area contributed by atoms with Crippen LogP contribution < -0.4 is 0 Å². The smallest absolute Gasteiger partial charge is 0.136 e. The van der Waals surface area contributed by atoms with Crippen molar-refractivity contribution in [2.45, 2.75) is 0 Å². The van der Waals surface area contributed by atoms with Crippen LogP contribution in [0.1, 0.15) is 20.6 Å². The highest BCUT2D eigenvalue weighted by Crippen LogP contribution is 2.48. The van der Waals surface area contributed by atoms with Crippen molar-refractivity contribution in [3.8, 4) is 55.6 Å². The van der Waals surface area contributed by atoms with Gasteiger partial charge >= 0.3 is 0 Å². The highest BCUT2D eigenvalue weighted by molar-refractivity contribution is 6.24. The quantitative estimate of drug-likeness (QED) is 0.159.